The number of aryl methyl sites for hydroxylation is 1. The highest BCUT2D eigenvalue weighted by atomic mass is 32.2. The number of thioether (sulfide) groups is 1. The molecule has 1 fully saturated rings. The molecule has 5 heteroatoms. The van der Waals surface area contributed by atoms with Crippen LogP contribution >= 0.6 is 11.8 Å². The number of ether oxygens (including phenoxy) is 1. The summed E-state index contributed by atoms with van der Waals surface area (Å²) in [6.45, 7) is 3.85. The number of rotatable bonds is 5. The van der Waals surface area contributed by atoms with E-state index in [0.717, 1.165) is 5.75 Å². The Balaban J connectivity index is 1.70. The molecular formula is C15H22N2O2S. The summed E-state index contributed by atoms with van der Waals surface area (Å²) in [5, 5.41) is 2.93. The van der Waals surface area contributed by atoms with Crippen LogP contribution in [0.15, 0.2) is 29.2 Å². The quantitative estimate of drug-likeness (QED) is 0.641. The number of hydrogen-bond donors (Lipinski definition) is 2. The van der Waals surface area contributed by atoms with Gasteiger partial charge in [0.25, 0.3) is 0 Å². The van der Waals surface area contributed by atoms with E-state index in [9.17, 15) is 4.79 Å². The maximum Gasteiger partial charge on any atom is 0.240 e. The Morgan fingerprint density at radius 1 is 1.35 bits per heavy atom. The monoisotopic (exact) mass is 294 g/mol. The Labute approximate surface area is 124 Å². The van der Waals surface area contributed by atoms with Crippen LogP contribution in [-0.2, 0) is 9.53 Å². The molecule has 1 aromatic carbocycles. The highest BCUT2D eigenvalue weighted by Crippen LogP contribution is 2.19. The average Bonchev–Trinajstić information content (AvgIpc) is 2.46. The van der Waals surface area contributed by atoms with Gasteiger partial charge in [-0.25, -0.2) is 0 Å². The van der Waals surface area contributed by atoms with Crippen molar-refractivity contribution in [2.45, 2.75) is 30.2 Å². The Morgan fingerprint density at radius 3 is 2.65 bits per heavy atom. The van der Waals surface area contributed by atoms with Crippen LogP contribution in [0.3, 0.4) is 0 Å². The van der Waals surface area contributed by atoms with Crippen LogP contribution < -0.4 is 11.1 Å². The second kappa shape index (κ2) is 7.11. The summed E-state index contributed by atoms with van der Waals surface area (Å²) in [5.74, 6) is 0.798. The number of nitrogens with one attached hydrogen (secondary N) is 1. The molecule has 0 radical (unpaired) electrons. The summed E-state index contributed by atoms with van der Waals surface area (Å²) in [5.41, 5.74) is 6.63. The maximum absolute atomic E-state index is 12.1. The van der Waals surface area contributed by atoms with Gasteiger partial charge in [-0.3, -0.25) is 4.79 Å². The summed E-state index contributed by atoms with van der Waals surface area (Å²) >= 11 is 1.74. The first kappa shape index (κ1) is 15.4. The van der Waals surface area contributed by atoms with Gasteiger partial charge in [-0.1, -0.05) is 17.7 Å². The molecular weight excluding hydrogens is 272 g/mol. The topological polar surface area (TPSA) is 64.4 Å². The van der Waals surface area contributed by atoms with E-state index in [1.165, 1.54) is 10.5 Å². The van der Waals surface area contributed by atoms with E-state index < -0.39 is 5.54 Å². The van der Waals surface area contributed by atoms with Crippen molar-refractivity contribution in [2.24, 2.45) is 5.73 Å². The number of amides is 1. The SMILES string of the molecule is Cc1ccc(SCCNC(=O)C2(N)CCOCC2)cc1. The van der Waals surface area contributed by atoms with Crippen molar-refractivity contribution in [2.75, 3.05) is 25.5 Å². The highest BCUT2D eigenvalue weighted by Gasteiger charge is 2.35. The Bertz CT molecular complexity index is 442. The van der Waals surface area contributed by atoms with Gasteiger partial charge in [0.1, 0.15) is 0 Å². The second-order valence-electron chi connectivity index (χ2n) is 5.19. The first-order valence-electron chi connectivity index (χ1n) is 6.94. The molecule has 1 saturated heterocycles. The molecule has 0 aromatic heterocycles. The van der Waals surface area contributed by atoms with Gasteiger partial charge in [0.05, 0.1) is 5.54 Å². The maximum atomic E-state index is 12.1. The molecule has 1 aliphatic heterocycles. The zero-order chi connectivity index (χ0) is 14.4. The normalized spacial score (nSPS) is 17.7. The number of nitrogens with two attached hydrogens (primary N) is 1. The van der Waals surface area contributed by atoms with Crippen LogP contribution in [0.1, 0.15) is 18.4 Å². The zero-order valence-electron chi connectivity index (χ0n) is 11.9. The molecule has 3 N–H and O–H groups in total. The summed E-state index contributed by atoms with van der Waals surface area (Å²) in [6.07, 6.45) is 1.20. The molecule has 110 valence electrons. The Morgan fingerprint density at radius 2 is 2.00 bits per heavy atom. The van der Waals surface area contributed by atoms with Gasteiger partial charge in [0.2, 0.25) is 5.91 Å². The van der Waals surface area contributed by atoms with E-state index in [1.807, 2.05) is 0 Å². The molecule has 2 rings (SSSR count). The van der Waals surface area contributed by atoms with Gasteiger partial charge in [0, 0.05) is 30.4 Å². The zero-order valence-corrected chi connectivity index (χ0v) is 12.7. The lowest BCUT2D eigenvalue weighted by molar-refractivity contribution is -0.129. The van der Waals surface area contributed by atoms with E-state index in [1.54, 1.807) is 11.8 Å². The lowest BCUT2D eigenvalue weighted by Crippen LogP contribution is -2.57. The molecule has 0 aliphatic carbocycles. The van der Waals surface area contributed by atoms with Crippen molar-refractivity contribution in [1.82, 2.24) is 5.32 Å². The molecule has 1 aromatic rings. The largest absolute Gasteiger partial charge is 0.381 e. The van der Waals surface area contributed by atoms with Crippen molar-refractivity contribution >= 4 is 17.7 Å². The van der Waals surface area contributed by atoms with E-state index in [2.05, 4.69) is 36.5 Å². The van der Waals surface area contributed by atoms with Gasteiger partial charge in [-0.2, -0.15) is 0 Å². The number of benzene rings is 1. The first-order chi connectivity index (χ1) is 9.60. The summed E-state index contributed by atoms with van der Waals surface area (Å²) in [4.78, 5) is 13.3. The van der Waals surface area contributed by atoms with Crippen LogP contribution in [-0.4, -0.2) is 37.0 Å². The molecule has 1 heterocycles. The summed E-state index contributed by atoms with van der Waals surface area (Å²) < 4.78 is 5.24. The van der Waals surface area contributed by atoms with Crippen LogP contribution in [0.4, 0.5) is 0 Å². The number of carbonyl (C=O) groups excluding carboxylic acids is 1. The van der Waals surface area contributed by atoms with Gasteiger partial charge >= 0.3 is 0 Å². The fourth-order valence-electron chi connectivity index (χ4n) is 2.11. The first-order valence-corrected chi connectivity index (χ1v) is 7.93. The van der Waals surface area contributed by atoms with E-state index in [0.29, 0.717) is 32.6 Å². The van der Waals surface area contributed by atoms with Crippen molar-refractivity contribution < 1.29 is 9.53 Å². The minimum atomic E-state index is -0.743. The lowest BCUT2D eigenvalue weighted by atomic mass is 9.90. The smallest absolute Gasteiger partial charge is 0.240 e. The lowest BCUT2D eigenvalue weighted by Gasteiger charge is -2.31. The number of hydrogen-bond acceptors (Lipinski definition) is 4. The third kappa shape index (κ3) is 4.23. The molecule has 1 aliphatic rings. The van der Waals surface area contributed by atoms with Crippen molar-refractivity contribution in [3.05, 3.63) is 29.8 Å². The van der Waals surface area contributed by atoms with Gasteiger partial charge < -0.3 is 15.8 Å². The molecule has 20 heavy (non-hydrogen) atoms. The van der Waals surface area contributed by atoms with Gasteiger partial charge in [-0.05, 0) is 31.9 Å². The molecule has 0 bridgehead atoms. The fourth-order valence-corrected chi connectivity index (χ4v) is 2.88. The summed E-state index contributed by atoms with van der Waals surface area (Å²) in [6, 6.07) is 8.39. The molecule has 0 unspecified atom stereocenters. The third-order valence-corrected chi connectivity index (χ3v) is 4.53. The van der Waals surface area contributed by atoms with E-state index >= 15 is 0 Å². The van der Waals surface area contributed by atoms with E-state index in [4.69, 9.17) is 10.5 Å². The molecule has 0 spiro atoms. The van der Waals surface area contributed by atoms with Gasteiger partial charge in [-0.15, -0.1) is 11.8 Å². The van der Waals surface area contributed by atoms with E-state index in [-0.39, 0.29) is 5.91 Å². The number of carbonyl (C=O) groups is 1. The Kier molecular flexibility index (Phi) is 5.46. The van der Waals surface area contributed by atoms with Crippen LogP contribution in [0.2, 0.25) is 0 Å². The Hall–Kier alpha value is -1.04. The summed E-state index contributed by atoms with van der Waals surface area (Å²) in [7, 11) is 0. The van der Waals surface area contributed by atoms with Crippen LogP contribution in [0.5, 0.6) is 0 Å². The molecule has 4 nitrogen and oxygen atoms in total. The highest BCUT2D eigenvalue weighted by molar-refractivity contribution is 7.99. The fraction of sp³-hybridized carbons (Fsp3) is 0.533. The van der Waals surface area contributed by atoms with Crippen LogP contribution in [0.25, 0.3) is 0 Å². The minimum absolute atomic E-state index is 0.0506. The molecule has 0 atom stereocenters. The average molecular weight is 294 g/mol. The predicted octanol–water partition coefficient (Wildman–Crippen LogP) is 1.71. The van der Waals surface area contributed by atoms with Gasteiger partial charge in [0.15, 0.2) is 0 Å². The third-order valence-electron chi connectivity index (χ3n) is 3.51. The van der Waals surface area contributed by atoms with Crippen molar-refractivity contribution in [3.8, 4) is 0 Å². The second-order valence-corrected chi connectivity index (χ2v) is 6.35. The van der Waals surface area contributed by atoms with Crippen molar-refractivity contribution in [1.29, 1.82) is 0 Å². The van der Waals surface area contributed by atoms with Crippen molar-refractivity contribution in [3.63, 3.8) is 0 Å². The standard InChI is InChI=1S/C15H22N2O2S/c1-12-2-4-13(5-3-12)20-11-8-17-14(18)15(16)6-9-19-10-7-15/h2-5H,6-11,16H2,1H3,(H,17,18). The minimum Gasteiger partial charge on any atom is -0.381 e. The van der Waals surface area contributed by atoms with Crippen LogP contribution in [0, 0.1) is 6.92 Å². The molecule has 0 saturated carbocycles. The molecule has 1 amide bonds. The predicted molar refractivity (Wildman–Crippen MR) is 81.9 cm³/mol.